The van der Waals surface area contributed by atoms with Crippen LogP contribution in [0.2, 0.25) is 0 Å². The number of carbonyl (C=O) groups excluding carboxylic acids is 2. The number of amides is 2. The second-order valence-electron chi connectivity index (χ2n) is 12.8. The van der Waals surface area contributed by atoms with Crippen molar-refractivity contribution in [3.63, 3.8) is 0 Å². The molecule has 0 saturated heterocycles. The van der Waals surface area contributed by atoms with Gasteiger partial charge in [-0.2, -0.15) is 11.8 Å². The first-order chi connectivity index (χ1) is 19.4. The van der Waals surface area contributed by atoms with E-state index in [0.717, 1.165) is 50.7 Å². The van der Waals surface area contributed by atoms with Crippen LogP contribution < -0.4 is 10.6 Å². The highest BCUT2D eigenvalue weighted by Gasteiger charge is 2.63. The first kappa shape index (κ1) is 31.4. The molecule has 0 aliphatic heterocycles. The predicted molar refractivity (Wildman–Crippen MR) is 159 cm³/mol. The van der Waals surface area contributed by atoms with Crippen LogP contribution >= 0.6 is 11.8 Å². The molecule has 3 fully saturated rings. The third kappa shape index (κ3) is 6.03. The van der Waals surface area contributed by atoms with E-state index in [1.807, 2.05) is 6.26 Å². The number of carbonyl (C=O) groups is 3. The van der Waals surface area contributed by atoms with Crippen LogP contribution in [0.1, 0.15) is 78.6 Å². The maximum atomic E-state index is 12.4. The number of carboxylic acid groups (broad SMARTS) is 1. The third-order valence-corrected chi connectivity index (χ3v) is 11.4. The fraction of sp³-hybridized carbons (Fsp3) is 0.742. The molecule has 0 spiro atoms. The number of aliphatic hydroxyl groups is 1. The van der Waals surface area contributed by atoms with E-state index >= 15 is 0 Å². The van der Waals surface area contributed by atoms with Gasteiger partial charge in [0.2, 0.25) is 5.91 Å². The lowest BCUT2D eigenvalue weighted by molar-refractivity contribution is -0.142. The van der Waals surface area contributed by atoms with E-state index in [-0.39, 0.29) is 17.4 Å². The van der Waals surface area contributed by atoms with Crippen LogP contribution in [0.4, 0.5) is 0 Å². The number of terminal acetylenes is 1. The zero-order valence-corrected chi connectivity index (χ0v) is 25.5. The molecule has 4 rings (SSSR count). The Bertz CT molecular complexity index is 1150. The molecule has 226 valence electrons. The maximum absolute atomic E-state index is 12.4. The van der Waals surface area contributed by atoms with E-state index in [2.05, 4.69) is 41.6 Å². The number of fused-ring (bicyclic) bond motifs is 5. The van der Waals surface area contributed by atoms with E-state index in [9.17, 15) is 24.6 Å². The normalized spacial score (nSPS) is 36.4. The lowest BCUT2D eigenvalue weighted by atomic mass is 9.46. The Kier molecular flexibility index (Phi) is 9.49. The van der Waals surface area contributed by atoms with Crippen LogP contribution in [-0.4, -0.2) is 70.0 Å². The summed E-state index contributed by atoms with van der Waals surface area (Å²) in [4.78, 5) is 41.5. The summed E-state index contributed by atoms with van der Waals surface area (Å²) in [6.45, 7) is 5.76. The molecule has 4 N–H and O–H groups in total. The van der Waals surface area contributed by atoms with Crippen molar-refractivity contribution in [2.75, 3.05) is 18.6 Å². The molecule has 0 unspecified atom stereocenters. The first-order valence-electron chi connectivity index (χ1n) is 14.8. The highest BCUT2D eigenvalue weighted by molar-refractivity contribution is 7.98. The summed E-state index contributed by atoms with van der Waals surface area (Å²) in [6, 6.07) is -1.91. The van der Waals surface area contributed by atoms with E-state index in [4.69, 9.17) is 11.3 Å². The van der Waals surface area contributed by atoms with Crippen LogP contribution in [0.25, 0.3) is 0 Å². The van der Waals surface area contributed by atoms with E-state index < -0.39 is 35.5 Å². The van der Waals surface area contributed by atoms with Crippen molar-refractivity contribution in [3.8, 4) is 12.3 Å². The van der Waals surface area contributed by atoms with Crippen LogP contribution in [0.3, 0.4) is 0 Å². The van der Waals surface area contributed by atoms with Crippen molar-refractivity contribution in [1.82, 2.24) is 10.6 Å². The van der Waals surface area contributed by atoms with Gasteiger partial charge in [-0.05, 0) is 106 Å². The first-order valence-corrected chi connectivity index (χ1v) is 16.2. The Balaban J connectivity index is 1.31. The maximum Gasteiger partial charge on any atom is 0.326 e. The van der Waals surface area contributed by atoms with Gasteiger partial charge in [0, 0.05) is 5.41 Å². The third-order valence-electron chi connectivity index (χ3n) is 10.7. The molecule has 4 aliphatic carbocycles. The van der Waals surface area contributed by atoms with Crippen molar-refractivity contribution in [1.29, 1.82) is 0 Å². The molecule has 0 bridgehead atoms. The van der Waals surface area contributed by atoms with Crippen LogP contribution in [0, 0.1) is 40.9 Å². The number of carboxylic acids is 1. The van der Waals surface area contributed by atoms with E-state index in [0.29, 0.717) is 36.3 Å². The van der Waals surface area contributed by atoms with Gasteiger partial charge in [0.15, 0.2) is 6.61 Å². The molecule has 10 heteroatoms. The molecule has 3 saturated carbocycles. The summed E-state index contributed by atoms with van der Waals surface area (Å²) in [6.07, 6.45) is 17.6. The van der Waals surface area contributed by atoms with Crippen molar-refractivity contribution < 1.29 is 29.4 Å². The van der Waals surface area contributed by atoms with Crippen molar-refractivity contribution in [2.45, 2.75) is 96.2 Å². The molecule has 9 nitrogen and oxygen atoms in total. The smallest absolute Gasteiger partial charge is 0.326 e. The molecule has 2 amide bonds. The minimum absolute atomic E-state index is 0.0872. The number of hydrogen-bond acceptors (Lipinski definition) is 7. The molecular formula is C31H45N3O6S. The fourth-order valence-electron chi connectivity index (χ4n) is 8.21. The minimum atomic E-state index is -1.10. The number of thioether (sulfide) groups is 1. The molecular weight excluding hydrogens is 542 g/mol. The van der Waals surface area contributed by atoms with E-state index in [1.165, 1.54) is 24.3 Å². The number of nitrogens with one attached hydrogen (secondary N) is 2. The average molecular weight is 588 g/mol. The molecule has 41 heavy (non-hydrogen) atoms. The quantitative estimate of drug-likeness (QED) is 0.227. The zero-order chi connectivity index (χ0) is 30.0. The van der Waals surface area contributed by atoms with Gasteiger partial charge < -0.3 is 25.7 Å². The largest absolute Gasteiger partial charge is 0.480 e. The van der Waals surface area contributed by atoms with Gasteiger partial charge in [0.25, 0.3) is 5.91 Å². The van der Waals surface area contributed by atoms with Crippen LogP contribution in [-0.2, 0) is 19.2 Å². The predicted octanol–water partition coefficient (Wildman–Crippen LogP) is 3.51. The topological polar surface area (TPSA) is 137 Å². The number of hydrogen-bond donors (Lipinski definition) is 4. The molecule has 0 radical (unpaired) electrons. The molecule has 4 aliphatic rings. The highest BCUT2D eigenvalue weighted by Crippen LogP contribution is 2.67. The van der Waals surface area contributed by atoms with Crippen molar-refractivity contribution >= 4 is 35.3 Å². The Morgan fingerprint density at radius 3 is 2.59 bits per heavy atom. The number of rotatable bonds is 10. The molecule has 0 aromatic carbocycles. The van der Waals surface area contributed by atoms with Crippen LogP contribution in [0.5, 0.6) is 0 Å². The average Bonchev–Trinajstić information content (AvgIpc) is 3.21. The second-order valence-corrected chi connectivity index (χ2v) is 13.8. The number of oxime groups is 1. The lowest BCUT2D eigenvalue weighted by Gasteiger charge is -2.58. The van der Waals surface area contributed by atoms with E-state index in [1.54, 1.807) is 0 Å². The highest BCUT2D eigenvalue weighted by atomic mass is 32.2. The molecule has 0 heterocycles. The van der Waals surface area contributed by atoms with Crippen LogP contribution in [0.15, 0.2) is 16.8 Å². The summed E-state index contributed by atoms with van der Waals surface area (Å²) >= 11 is 1.50. The van der Waals surface area contributed by atoms with Gasteiger partial charge >= 0.3 is 5.97 Å². The fourth-order valence-corrected chi connectivity index (χ4v) is 8.68. The SMILES string of the molecule is C#C[C@]1(O)CC[C@H]2[C@@H]3CCC4=C/C(=N/OCC(=O)N[C@H](C)C(=O)N[C@@H](CCSC)C(=O)O)CC[C@]4(C)[C@H]3CC[C@@]21C. The second kappa shape index (κ2) is 12.4. The molecule has 8 atom stereocenters. The summed E-state index contributed by atoms with van der Waals surface area (Å²) in [5, 5.41) is 29.8. The Hall–Kier alpha value is -2.51. The standard InChI is InChI=1S/C31H45N3O6S/c1-6-31(39)15-11-24-22-8-7-20-17-21(9-13-29(20,3)23(22)10-14-30(24,31)4)34-40-18-26(35)32-19(2)27(36)33-25(28(37)38)12-16-41-5/h1,17,19,22-25,39H,7-16,18H2,2-5H3,(H,32,35)(H,33,36)(H,37,38)/b34-21+/t19-,22-,23+,24+,25+,29+,30+,31+/m1/s1. The van der Waals surface area contributed by atoms with Crippen molar-refractivity contribution in [3.05, 3.63) is 11.6 Å². The molecule has 0 aromatic rings. The summed E-state index contributed by atoms with van der Waals surface area (Å²) in [7, 11) is 0. The lowest BCUT2D eigenvalue weighted by Crippen LogP contribution is -2.54. The van der Waals surface area contributed by atoms with Gasteiger partial charge in [-0.3, -0.25) is 9.59 Å². The van der Waals surface area contributed by atoms with Gasteiger partial charge in [0.05, 0.1) is 5.71 Å². The van der Waals surface area contributed by atoms with Gasteiger partial charge in [-0.15, -0.1) is 6.42 Å². The molecule has 0 aromatic heterocycles. The van der Waals surface area contributed by atoms with Gasteiger partial charge in [-0.25, -0.2) is 4.79 Å². The van der Waals surface area contributed by atoms with Gasteiger partial charge in [-0.1, -0.05) is 30.5 Å². The number of aliphatic carboxylic acids is 1. The Morgan fingerprint density at radius 1 is 1.17 bits per heavy atom. The summed E-state index contributed by atoms with van der Waals surface area (Å²) in [5.74, 6) is 2.75. The summed E-state index contributed by atoms with van der Waals surface area (Å²) in [5.41, 5.74) is 1.09. The number of allylic oxidation sites excluding steroid dienone is 2. The van der Waals surface area contributed by atoms with Gasteiger partial charge in [0.1, 0.15) is 17.7 Å². The minimum Gasteiger partial charge on any atom is -0.480 e. The monoisotopic (exact) mass is 587 g/mol. The van der Waals surface area contributed by atoms with Crippen molar-refractivity contribution in [2.24, 2.45) is 33.7 Å². The Morgan fingerprint density at radius 2 is 1.90 bits per heavy atom. The zero-order valence-electron chi connectivity index (χ0n) is 24.7. The Labute approximate surface area is 247 Å². The summed E-state index contributed by atoms with van der Waals surface area (Å²) < 4.78 is 0. The number of nitrogens with zero attached hydrogens (tertiary/aromatic N) is 1.